The van der Waals surface area contributed by atoms with Crippen molar-refractivity contribution in [2.75, 3.05) is 7.11 Å². The third-order valence-electron chi connectivity index (χ3n) is 6.86. The van der Waals surface area contributed by atoms with Crippen molar-refractivity contribution in [3.05, 3.63) is 10.2 Å². The van der Waals surface area contributed by atoms with Crippen LogP contribution in [0, 0.1) is 0 Å². The third-order valence-corrected chi connectivity index (χ3v) is 25.5. The zero-order valence-electron chi connectivity index (χ0n) is 21.7. The van der Waals surface area contributed by atoms with Gasteiger partial charge in [0.2, 0.25) is 0 Å². The van der Waals surface area contributed by atoms with E-state index in [0.717, 1.165) is 6.42 Å². The van der Waals surface area contributed by atoms with Crippen molar-refractivity contribution in [2.24, 2.45) is 0 Å². The van der Waals surface area contributed by atoms with Gasteiger partial charge in [0.1, 0.15) is 0 Å². The predicted octanol–water partition coefficient (Wildman–Crippen LogP) is 8.27. The molecular formula is C25H52O3SiSn. The van der Waals surface area contributed by atoms with E-state index in [0.29, 0.717) is 6.42 Å². The molecule has 30 heavy (non-hydrogen) atoms. The van der Waals surface area contributed by atoms with Crippen molar-refractivity contribution in [1.82, 2.24) is 0 Å². The second-order valence-corrected chi connectivity index (χ2v) is 28.3. The van der Waals surface area contributed by atoms with Gasteiger partial charge in [-0.25, -0.2) is 0 Å². The van der Waals surface area contributed by atoms with Crippen molar-refractivity contribution in [3.63, 3.8) is 0 Å². The van der Waals surface area contributed by atoms with Crippen LogP contribution < -0.4 is 0 Å². The molecule has 0 aromatic heterocycles. The molecule has 5 heteroatoms. The van der Waals surface area contributed by atoms with Gasteiger partial charge in [-0.1, -0.05) is 0 Å². The SMILES string of the molecule is CCC[CH2][Sn](/[CH]=C/C(CCC(=O)OC)O[Si](C)(C)C(C)(C)C)([CH2]CCC)[CH2]CCC. The quantitative estimate of drug-likeness (QED) is 0.144. The molecule has 0 spiro atoms. The maximum absolute atomic E-state index is 11.8. The van der Waals surface area contributed by atoms with Crippen molar-refractivity contribution >= 4 is 32.7 Å². The van der Waals surface area contributed by atoms with Crippen LogP contribution in [0.4, 0.5) is 0 Å². The van der Waals surface area contributed by atoms with Gasteiger partial charge in [0, 0.05) is 0 Å². The molecule has 0 fully saturated rings. The van der Waals surface area contributed by atoms with Crippen LogP contribution in [0.1, 0.15) is 92.9 Å². The number of hydrogen-bond donors (Lipinski definition) is 0. The van der Waals surface area contributed by atoms with Gasteiger partial charge >= 0.3 is 194 Å². The van der Waals surface area contributed by atoms with E-state index in [9.17, 15) is 4.79 Å². The van der Waals surface area contributed by atoms with E-state index in [4.69, 9.17) is 9.16 Å². The number of methoxy groups -OCH3 is 1. The second kappa shape index (κ2) is 15.1. The molecule has 0 aliphatic heterocycles. The average Bonchev–Trinajstić information content (AvgIpc) is 2.69. The van der Waals surface area contributed by atoms with E-state index in [-0.39, 0.29) is 17.1 Å². The molecule has 0 aliphatic carbocycles. The first-order chi connectivity index (χ1) is 14.0. The Morgan fingerprint density at radius 2 is 1.43 bits per heavy atom. The molecule has 0 bridgehead atoms. The normalized spacial score (nSPS) is 14.3. The zero-order valence-corrected chi connectivity index (χ0v) is 25.6. The summed E-state index contributed by atoms with van der Waals surface area (Å²) in [7, 11) is -0.427. The third kappa shape index (κ3) is 11.7. The van der Waals surface area contributed by atoms with Crippen LogP contribution >= 0.6 is 0 Å². The average molecular weight is 547 g/mol. The monoisotopic (exact) mass is 548 g/mol. The number of unbranched alkanes of at least 4 members (excludes halogenated alkanes) is 3. The van der Waals surface area contributed by atoms with Gasteiger partial charge in [-0.2, -0.15) is 0 Å². The number of ether oxygens (including phenoxy) is 1. The Hall–Kier alpha value is 0.186. The molecule has 0 saturated heterocycles. The Kier molecular flexibility index (Phi) is 15.2. The number of carbonyl (C=O) groups excluding carboxylic acids is 1. The van der Waals surface area contributed by atoms with Gasteiger partial charge in [0.05, 0.1) is 0 Å². The van der Waals surface area contributed by atoms with Crippen molar-refractivity contribution in [2.45, 2.75) is 130 Å². The summed E-state index contributed by atoms with van der Waals surface area (Å²) in [5, 5.41) is 0.164. The molecule has 0 aromatic rings. The Balaban J connectivity index is 5.73. The number of esters is 1. The summed E-state index contributed by atoms with van der Waals surface area (Å²) in [5.74, 6) is -0.134. The summed E-state index contributed by atoms with van der Waals surface area (Å²) in [6.45, 7) is 18.4. The molecule has 1 atom stereocenters. The van der Waals surface area contributed by atoms with E-state index in [1.165, 1.54) is 58.9 Å². The van der Waals surface area contributed by atoms with E-state index in [1.807, 2.05) is 0 Å². The second-order valence-electron chi connectivity index (χ2n) is 10.6. The summed E-state index contributed by atoms with van der Waals surface area (Å²) in [6.07, 6.45) is 11.6. The molecule has 0 aliphatic rings. The minimum atomic E-state index is -2.36. The molecule has 178 valence electrons. The van der Waals surface area contributed by atoms with E-state index in [2.05, 4.69) is 64.8 Å². The molecule has 1 unspecified atom stereocenters. The van der Waals surface area contributed by atoms with Gasteiger partial charge in [-0.3, -0.25) is 0 Å². The van der Waals surface area contributed by atoms with Crippen molar-refractivity contribution in [3.8, 4) is 0 Å². The summed E-state index contributed by atoms with van der Waals surface area (Å²) >= 11 is -2.36. The summed E-state index contributed by atoms with van der Waals surface area (Å²) in [5.41, 5.74) is 0. The number of rotatable bonds is 16. The molecule has 0 aromatic carbocycles. The number of hydrogen-bond acceptors (Lipinski definition) is 3. The fourth-order valence-corrected chi connectivity index (χ4v) is 19.3. The summed E-state index contributed by atoms with van der Waals surface area (Å²) in [6, 6.07) is 0. The van der Waals surface area contributed by atoms with Gasteiger partial charge in [0.25, 0.3) is 0 Å². The van der Waals surface area contributed by atoms with Crippen molar-refractivity contribution < 1.29 is 14.0 Å². The van der Waals surface area contributed by atoms with Crippen LogP contribution in [0.5, 0.6) is 0 Å². The van der Waals surface area contributed by atoms with Crippen LogP contribution in [0.3, 0.4) is 0 Å². The van der Waals surface area contributed by atoms with Gasteiger partial charge in [0.15, 0.2) is 0 Å². The summed E-state index contributed by atoms with van der Waals surface area (Å²) in [4.78, 5) is 11.8. The van der Waals surface area contributed by atoms with Crippen LogP contribution in [-0.4, -0.2) is 45.9 Å². The van der Waals surface area contributed by atoms with Gasteiger partial charge < -0.3 is 0 Å². The van der Waals surface area contributed by atoms with Crippen LogP contribution in [0.15, 0.2) is 10.2 Å². The molecule has 0 radical (unpaired) electrons. The molecule has 0 saturated carbocycles. The predicted molar refractivity (Wildman–Crippen MR) is 137 cm³/mol. The van der Waals surface area contributed by atoms with E-state index >= 15 is 0 Å². The minimum absolute atomic E-state index is 0.0333. The molecule has 0 heterocycles. The molecular weight excluding hydrogens is 495 g/mol. The first kappa shape index (κ1) is 30.2. The molecule has 0 N–H and O–H groups in total. The fourth-order valence-electron chi connectivity index (χ4n) is 3.63. The first-order valence-corrected chi connectivity index (χ1v) is 23.0. The molecule has 3 nitrogen and oxygen atoms in total. The van der Waals surface area contributed by atoms with E-state index in [1.54, 1.807) is 0 Å². The molecule has 0 rings (SSSR count). The van der Waals surface area contributed by atoms with E-state index < -0.39 is 26.7 Å². The molecule has 0 amide bonds. The Bertz CT molecular complexity index is 475. The van der Waals surface area contributed by atoms with Crippen LogP contribution in [0.2, 0.25) is 31.4 Å². The van der Waals surface area contributed by atoms with Crippen molar-refractivity contribution in [1.29, 1.82) is 0 Å². The standard InChI is InChI=1S/C13H25O3Si.3C4H9.Sn/c1-8-11(9-10-12(14)15-5)16-17(6,7)13(2,3)4;3*1-3-4-2;/h1,8,11H,9-10H2,2-7H3;3*1,3-4H2,2H3;. The number of carbonyl (C=O) groups is 1. The Labute approximate surface area is 193 Å². The fraction of sp³-hybridized carbons (Fsp3) is 0.880. The maximum atomic E-state index is 11.8. The zero-order chi connectivity index (χ0) is 23.3. The van der Waals surface area contributed by atoms with Gasteiger partial charge in [-0.15, -0.1) is 0 Å². The van der Waals surface area contributed by atoms with Gasteiger partial charge in [-0.05, 0) is 0 Å². The Morgan fingerprint density at radius 3 is 1.80 bits per heavy atom. The Morgan fingerprint density at radius 1 is 0.967 bits per heavy atom. The van der Waals surface area contributed by atoms with Crippen LogP contribution in [-0.2, 0) is 14.0 Å². The summed E-state index contributed by atoms with van der Waals surface area (Å²) < 4.78 is 18.8. The first-order valence-electron chi connectivity index (χ1n) is 12.4. The topological polar surface area (TPSA) is 35.5 Å². The van der Waals surface area contributed by atoms with Crippen LogP contribution in [0.25, 0.3) is 0 Å².